The minimum atomic E-state index is -0.490. The van der Waals surface area contributed by atoms with Crippen LogP contribution in [0.3, 0.4) is 0 Å². The average molecular weight is 398 g/mol. The van der Waals surface area contributed by atoms with Gasteiger partial charge in [-0.3, -0.25) is 0 Å². The normalized spacial score (nSPS) is 11.6. The number of nitrogens with one attached hydrogen (secondary N) is 1. The minimum Gasteiger partial charge on any atom is -0.497 e. The molecule has 3 aromatic carbocycles. The van der Waals surface area contributed by atoms with Gasteiger partial charge in [-0.2, -0.15) is 0 Å². The Hall–Kier alpha value is -3.91. The Balaban J connectivity index is 1.35. The van der Waals surface area contributed by atoms with Crippen molar-refractivity contribution in [3.05, 3.63) is 83.4 Å². The lowest BCUT2D eigenvalue weighted by Crippen LogP contribution is -2.26. The summed E-state index contributed by atoms with van der Waals surface area (Å²) in [6.45, 7) is 0.452. The molecule has 0 spiro atoms. The monoisotopic (exact) mass is 398 g/mol. The van der Waals surface area contributed by atoms with E-state index in [0.29, 0.717) is 11.4 Å². The highest BCUT2D eigenvalue weighted by Gasteiger charge is 2.28. The topological polar surface area (TPSA) is 73.6 Å². The quantitative estimate of drug-likeness (QED) is 0.511. The van der Waals surface area contributed by atoms with Crippen molar-refractivity contribution in [2.75, 3.05) is 26.0 Å². The maximum absolute atomic E-state index is 12.1. The first-order chi connectivity index (χ1) is 14.7. The lowest BCUT2D eigenvalue weighted by Gasteiger charge is -2.14. The average Bonchev–Trinajstić information content (AvgIpc) is 3.09. The predicted molar refractivity (Wildman–Crippen MR) is 117 cm³/mol. The summed E-state index contributed by atoms with van der Waals surface area (Å²) in [6, 6.07) is 21.7. The number of rotatable bonds is 4. The van der Waals surface area contributed by atoms with Crippen molar-refractivity contribution < 1.29 is 14.3 Å². The zero-order valence-corrected chi connectivity index (χ0v) is 16.6. The van der Waals surface area contributed by atoms with Crippen LogP contribution in [-0.4, -0.2) is 26.4 Å². The first kappa shape index (κ1) is 19.4. The largest absolute Gasteiger partial charge is 0.497 e. The summed E-state index contributed by atoms with van der Waals surface area (Å²) < 4.78 is 10.7. The Bertz CT molecular complexity index is 1100. The van der Waals surface area contributed by atoms with Gasteiger partial charge < -0.3 is 20.5 Å². The molecule has 1 amide bonds. The van der Waals surface area contributed by atoms with Crippen LogP contribution in [0.4, 0.5) is 10.5 Å². The third-order valence-electron chi connectivity index (χ3n) is 5.06. The number of fused-ring (bicyclic) bond motifs is 3. The second kappa shape index (κ2) is 8.62. The highest BCUT2D eigenvalue weighted by atomic mass is 16.5. The van der Waals surface area contributed by atoms with Crippen LogP contribution >= 0.6 is 0 Å². The van der Waals surface area contributed by atoms with E-state index in [1.807, 2.05) is 24.3 Å². The molecule has 3 aromatic rings. The fraction of sp³-hybridized carbons (Fsp3) is 0.160. The fourth-order valence-corrected chi connectivity index (χ4v) is 3.72. The first-order valence-corrected chi connectivity index (χ1v) is 9.68. The van der Waals surface area contributed by atoms with E-state index < -0.39 is 6.09 Å². The van der Waals surface area contributed by atoms with Crippen molar-refractivity contribution in [3.8, 4) is 28.7 Å². The number of benzene rings is 3. The van der Waals surface area contributed by atoms with E-state index >= 15 is 0 Å². The van der Waals surface area contributed by atoms with Crippen molar-refractivity contribution in [2.45, 2.75) is 5.92 Å². The molecule has 30 heavy (non-hydrogen) atoms. The van der Waals surface area contributed by atoms with Gasteiger partial charge in [0.05, 0.1) is 13.7 Å². The molecule has 1 aliphatic carbocycles. The smallest absolute Gasteiger partial charge is 0.407 e. The van der Waals surface area contributed by atoms with Gasteiger partial charge in [0.25, 0.3) is 0 Å². The highest BCUT2D eigenvalue weighted by Crippen LogP contribution is 2.44. The molecule has 0 atom stereocenters. The van der Waals surface area contributed by atoms with Gasteiger partial charge in [-0.15, -0.1) is 0 Å². The summed E-state index contributed by atoms with van der Waals surface area (Å²) >= 11 is 0. The maximum atomic E-state index is 12.1. The predicted octanol–water partition coefficient (Wildman–Crippen LogP) is 4.17. The summed E-state index contributed by atoms with van der Waals surface area (Å²) in [5, 5.41) is 2.67. The minimum absolute atomic E-state index is 0.0361. The molecule has 1 aliphatic rings. The molecule has 4 rings (SSSR count). The van der Waals surface area contributed by atoms with Crippen molar-refractivity contribution in [2.24, 2.45) is 0 Å². The number of alkyl carbamates (subject to hydrolysis) is 1. The first-order valence-electron chi connectivity index (χ1n) is 9.68. The van der Waals surface area contributed by atoms with E-state index in [1.54, 1.807) is 25.3 Å². The number of anilines is 1. The molecular formula is C25H22N2O3. The molecule has 150 valence electrons. The summed E-state index contributed by atoms with van der Waals surface area (Å²) in [5.41, 5.74) is 11.9. The zero-order chi connectivity index (χ0) is 20.9. The van der Waals surface area contributed by atoms with Gasteiger partial charge in [0.1, 0.15) is 12.4 Å². The van der Waals surface area contributed by atoms with E-state index in [1.165, 1.54) is 22.3 Å². The number of hydrogen-bond acceptors (Lipinski definition) is 4. The number of nitrogen functional groups attached to an aromatic ring is 1. The molecule has 0 aromatic heterocycles. The summed E-state index contributed by atoms with van der Waals surface area (Å²) in [6.07, 6.45) is -0.490. The third-order valence-corrected chi connectivity index (χ3v) is 5.06. The third kappa shape index (κ3) is 4.08. The molecule has 0 saturated carbocycles. The van der Waals surface area contributed by atoms with Gasteiger partial charge in [0.2, 0.25) is 0 Å². The SMILES string of the molecule is COc1cc(N)cc(C#CCNC(=O)OCC2c3ccccc3-c3ccccc32)c1. The molecule has 0 unspecified atom stereocenters. The number of methoxy groups -OCH3 is 1. The molecule has 3 N–H and O–H groups in total. The molecule has 5 nitrogen and oxygen atoms in total. The van der Waals surface area contributed by atoms with Gasteiger partial charge in [-0.05, 0) is 34.4 Å². The molecule has 0 aliphatic heterocycles. The molecular weight excluding hydrogens is 376 g/mol. The number of nitrogens with two attached hydrogens (primary N) is 1. The molecule has 5 heteroatoms. The second-order valence-corrected chi connectivity index (χ2v) is 6.98. The van der Waals surface area contributed by atoms with Crippen molar-refractivity contribution in [1.29, 1.82) is 0 Å². The highest BCUT2D eigenvalue weighted by molar-refractivity contribution is 5.79. The van der Waals surface area contributed by atoms with Crippen LogP contribution in [0, 0.1) is 11.8 Å². The molecule has 0 fully saturated rings. The van der Waals surface area contributed by atoms with Crippen molar-refractivity contribution in [3.63, 3.8) is 0 Å². The Morgan fingerprint density at radius 1 is 1.03 bits per heavy atom. The maximum Gasteiger partial charge on any atom is 0.407 e. The number of carbonyl (C=O) groups is 1. The van der Waals surface area contributed by atoms with E-state index in [0.717, 1.165) is 5.56 Å². The second-order valence-electron chi connectivity index (χ2n) is 6.98. The van der Waals surface area contributed by atoms with Crippen LogP contribution in [0.2, 0.25) is 0 Å². The van der Waals surface area contributed by atoms with Crippen LogP contribution in [-0.2, 0) is 4.74 Å². The van der Waals surface area contributed by atoms with Crippen LogP contribution in [0.1, 0.15) is 22.6 Å². The standard InChI is InChI=1S/C25H22N2O3/c1-29-19-14-17(13-18(26)15-19)7-6-12-27-25(28)30-16-24-22-10-4-2-8-20(22)21-9-3-5-11-23(21)24/h2-5,8-11,13-15,24H,12,16,26H2,1H3,(H,27,28). The molecule has 0 saturated heterocycles. The van der Waals surface area contributed by atoms with Gasteiger partial charge in [-0.1, -0.05) is 60.4 Å². The number of hydrogen-bond donors (Lipinski definition) is 2. The Morgan fingerprint density at radius 3 is 2.37 bits per heavy atom. The van der Waals surface area contributed by atoms with E-state index in [4.69, 9.17) is 15.2 Å². The Labute approximate surface area is 175 Å². The van der Waals surface area contributed by atoms with E-state index in [-0.39, 0.29) is 19.1 Å². The summed E-state index contributed by atoms with van der Waals surface area (Å²) in [4.78, 5) is 12.1. The van der Waals surface area contributed by atoms with Crippen LogP contribution in [0.25, 0.3) is 11.1 Å². The van der Waals surface area contributed by atoms with Crippen LogP contribution in [0.5, 0.6) is 5.75 Å². The fourth-order valence-electron chi connectivity index (χ4n) is 3.72. The van der Waals surface area contributed by atoms with E-state index in [9.17, 15) is 4.79 Å². The van der Waals surface area contributed by atoms with Gasteiger partial charge in [0.15, 0.2) is 0 Å². The number of amides is 1. The van der Waals surface area contributed by atoms with Crippen LogP contribution in [0.15, 0.2) is 66.7 Å². The zero-order valence-electron chi connectivity index (χ0n) is 16.6. The lowest BCUT2D eigenvalue weighted by atomic mass is 9.98. The van der Waals surface area contributed by atoms with Crippen molar-refractivity contribution in [1.82, 2.24) is 5.32 Å². The van der Waals surface area contributed by atoms with Gasteiger partial charge in [-0.25, -0.2) is 4.79 Å². The summed E-state index contributed by atoms with van der Waals surface area (Å²) in [7, 11) is 1.57. The van der Waals surface area contributed by atoms with Gasteiger partial charge >= 0.3 is 6.09 Å². The number of ether oxygens (including phenoxy) is 2. The molecule has 0 radical (unpaired) electrons. The van der Waals surface area contributed by atoms with Gasteiger partial charge in [0, 0.05) is 23.2 Å². The molecule has 0 bridgehead atoms. The number of carbonyl (C=O) groups excluding carboxylic acids is 1. The van der Waals surface area contributed by atoms with E-state index in [2.05, 4.69) is 41.4 Å². The van der Waals surface area contributed by atoms with Crippen LogP contribution < -0.4 is 15.8 Å². The Kier molecular flexibility index (Phi) is 5.58. The summed E-state index contributed by atoms with van der Waals surface area (Å²) in [5.74, 6) is 6.53. The lowest BCUT2D eigenvalue weighted by molar-refractivity contribution is 0.144. The van der Waals surface area contributed by atoms with Crippen molar-refractivity contribution >= 4 is 11.8 Å². The Morgan fingerprint density at radius 2 is 1.70 bits per heavy atom. The molecule has 0 heterocycles.